The minimum absolute atomic E-state index is 0.0385. The molecule has 1 unspecified atom stereocenters. The van der Waals surface area contributed by atoms with Gasteiger partial charge in [0.05, 0.1) is 12.5 Å². The first-order chi connectivity index (χ1) is 17.6. The Morgan fingerprint density at radius 2 is 1.97 bits per heavy atom. The third kappa shape index (κ3) is 5.45. The Labute approximate surface area is 212 Å². The Balaban J connectivity index is 1.30. The van der Waals surface area contributed by atoms with Crippen LogP contribution in [0.1, 0.15) is 42.7 Å². The Morgan fingerprint density at radius 3 is 2.72 bits per heavy atom. The van der Waals surface area contributed by atoms with Crippen LogP contribution >= 0.6 is 0 Å². The van der Waals surface area contributed by atoms with Gasteiger partial charge in [-0.2, -0.15) is 0 Å². The molecule has 0 bridgehead atoms. The van der Waals surface area contributed by atoms with E-state index in [0.29, 0.717) is 18.8 Å². The molecule has 2 aromatic carbocycles. The molecule has 2 aromatic rings. The lowest BCUT2D eigenvalue weighted by Crippen LogP contribution is -2.68. The zero-order valence-corrected chi connectivity index (χ0v) is 20.4. The van der Waals surface area contributed by atoms with Gasteiger partial charge in [-0.25, -0.2) is 9.18 Å². The quantitative estimate of drug-likeness (QED) is 0.639. The molecular weight excluding hydrogens is 455 g/mol. The number of carbonyl (C=O) groups excluding carboxylic acids is 1. The maximum Gasteiger partial charge on any atom is 0.321 e. The SMILES string of the molecule is O=C(Nc1cccc(F)c1)N1CCCCN2[C@H](CO)[C@H](c3ccc(C#CC4C=NCCC4)cc3)[C@@H]2C1. The van der Waals surface area contributed by atoms with E-state index in [1.807, 2.05) is 11.1 Å². The number of rotatable bonds is 3. The zero-order chi connectivity index (χ0) is 24.9. The van der Waals surface area contributed by atoms with Crippen LogP contribution in [0.4, 0.5) is 14.9 Å². The summed E-state index contributed by atoms with van der Waals surface area (Å²) in [5.41, 5.74) is 2.59. The van der Waals surface area contributed by atoms with Crippen molar-refractivity contribution >= 4 is 17.9 Å². The number of nitrogens with one attached hydrogen (secondary N) is 1. The van der Waals surface area contributed by atoms with Crippen molar-refractivity contribution in [3.05, 3.63) is 65.5 Å². The molecule has 2 N–H and O–H groups in total. The number of fused-ring (bicyclic) bond motifs is 1. The normalized spacial score (nSPS) is 26.0. The Hall–Kier alpha value is -3.21. The van der Waals surface area contributed by atoms with E-state index in [1.54, 1.807) is 12.1 Å². The highest BCUT2D eigenvalue weighted by Crippen LogP contribution is 2.42. The van der Waals surface area contributed by atoms with Gasteiger partial charge in [-0.05, 0) is 68.1 Å². The van der Waals surface area contributed by atoms with E-state index in [-0.39, 0.29) is 42.4 Å². The Kier molecular flexibility index (Phi) is 7.64. The van der Waals surface area contributed by atoms with Gasteiger partial charge in [0.15, 0.2) is 0 Å². The topological polar surface area (TPSA) is 68.2 Å². The molecule has 3 aliphatic heterocycles. The second-order valence-electron chi connectivity index (χ2n) is 9.87. The van der Waals surface area contributed by atoms with Gasteiger partial charge in [-0.3, -0.25) is 9.89 Å². The van der Waals surface area contributed by atoms with Crippen molar-refractivity contribution in [3.8, 4) is 11.8 Å². The number of urea groups is 1. The molecule has 2 fully saturated rings. The highest BCUT2D eigenvalue weighted by Gasteiger charge is 2.49. The van der Waals surface area contributed by atoms with Crippen LogP contribution in [0.15, 0.2) is 53.5 Å². The lowest BCUT2D eigenvalue weighted by Gasteiger charge is -2.57. The van der Waals surface area contributed by atoms with Gasteiger partial charge in [0.25, 0.3) is 0 Å². The molecule has 7 heteroatoms. The van der Waals surface area contributed by atoms with Crippen LogP contribution in [0, 0.1) is 23.6 Å². The molecule has 0 saturated carbocycles. The van der Waals surface area contributed by atoms with Crippen LogP contribution in [-0.4, -0.2) is 72.0 Å². The molecule has 0 aromatic heterocycles. The molecular formula is C29H33FN4O2. The molecule has 3 aliphatic rings. The number of hydrogen-bond acceptors (Lipinski definition) is 4. The van der Waals surface area contributed by atoms with E-state index in [2.05, 4.69) is 51.3 Å². The average molecular weight is 489 g/mol. The first-order valence-corrected chi connectivity index (χ1v) is 12.9. The summed E-state index contributed by atoms with van der Waals surface area (Å²) in [4.78, 5) is 21.6. The predicted molar refractivity (Wildman–Crippen MR) is 140 cm³/mol. The van der Waals surface area contributed by atoms with Crippen LogP contribution in [0.25, 0.3) is 0 Å². The largest absolute Gasteiger partial charge is 0.395 e. The molecule has 3 heterocycles. The number of nitrogens with zero attached hydrogens (tertiary/aromatic N) is 3. The standard InChI is InChI=1S/C29H33FN4O2/c30-24-6-3-7-25(17-24)32-29(36)33-15-1-2-16-34-26(19-33)28(27(34)20-35)23-12-10-21(11-13-23)8-9-22-5-4-14-31-18-22/h3,6-7,10-13,17-18,22,26-28,35H,1-2,4-5,14-16,19-20H2,(H,32,36)/t22?,26-,27+,28+/m0/s1. The van der Waals surface area contributed by atoms with Gasteiger partial charge < -0.3 is 15.3 Å². The van der Waals surface area contributed by atoms with E-state index in [9.17, 15) is 14.3 Å². The molecule has 5 rings (SSSR count). The minimum Gasteiger partial charge on any atom is -0.395 e. The minimum atomic E-state index is -0.378. The highest BCUT2D eigenvalue weighted by atomic mass is 19.1. The summed E-state index contributed by atoms with van der Waals surface area (Å²) in [7, 11) is 0. The number of aliphatic hydroxyl groups excluding tert-OH is 1. The number of halogens is 1. The van der Waals surface area contributed by atoms with E-state index in [0.717, 1.165) is 49.9 Å². The van der Waals surface area contributed by atoms with Gasteiger partial charge in [-0.15, -0.1) is 0 Å². The first kappa shape index (κ1) is 24.5. The molecule has 188 valence electrons. The summed E-state index contributed by atoms with van der Waals surface area (Å²) in [6, 6.07) is 14.2. The summed E-state index contributed by atoms with van der Waals surface area (Å²) < 4.78 is 13.6. The van der Waals surface area contributed by atoms with Crippen LogP contribution < -0.4 is 5.32 Å². The van der Waals surface area contributed by atoms with Crippen LogP contribution in [0.5, 0.6) is 0 Å². The van der Waals surface area contributed by atoms with Crippen molar-refractivity contribution in [2.45, 2.75) is 43.7 Å². The number of aliphatic imine (C=N–C) groups is 1. The van der Waals surface area contributed by atoms with Gasteiger partial charge in [0.1, 0.15) is 5.82 Å². The van der Waals surface area contributed by atoms with E-state index in [4.69, 9.17) is 0 Å². The maximum atomic E-state index is 13.6. The van der Waals surface area contributed by atoms with Crippen molar-refractivity contribution in [3.63, 3.8) is 0 Å². The highest BCUT2D eigenvalue weighted by molar-refractivity contribution is 5.89. The van der Waals surface area contributed by atoms with Crippen LogP contribution in [0.3, 0.4) is 0 Å². The molecule has 0 radical (unpaired) electrons. The van der Waals surface area contributed by atoms with Crippen LogP contribution in [0.2, 0.25) is 0 Å². The molecule has 2 amide bonds. The lowest BCUT2D eigenvalue weighted by atomic mass is 9.74. The smallest absolute Gasteiger partial charge is 0.321 e. The van der Waals surface area contributed by atoms with E-state index < -0.39 is 0 Å². The van der Waals surface area contributed by atoms with Crippen molar-refractivity contribution in [2.75, 3.05) is 38.1 Å². The van der Waals surface area contributed by atoms with E-state index in [1.165, 1.54) is 12.1 Å². The van der Waals surface area contributed by atoms with Gasteiger partial charge in [-0.1, -0.05) is 30.0 Å². The average Bonchev–Trinajstić information content (AvgIpc) is 2.88. The van der Waals surface area contributed by atoms with E-state index >= 15 is 0 Å². The van der Waals surface area contributed by atoms with Crippen LogP contribution in [-0.2, 0) is 0 Å². The number of benzene rings is 2. The third-order valence-corrected chi connectivity index (χ3v) is 7.52. The predicted octanol–water partition coefficient (Wildman–Crippen LogP) is 4.11. The Bertz CT molecular complexity index is 1160. The summed E-state index contributed by atoms with van der Waals surface area (Å²) in [5, 5.41) is 13.0. The molecule has 2 saturated heterocycles. The number of anilines is 1. The molecule has 6 nitrogen and oxygen atoms in total. The summed E-state index contributed by atoms with van der Waals surface area (Å²) >= 11 is 0. The van der Waals surface area contributed by atoms with Gasteiger partial charge >= 0.3 is 6.03 Å². The lowest BCUT2D eigenvalue weighted by molar-refractivity contribution is -0.0585. The molecule has 0 spiro atoms. The second kappa shape index (κ2) is 11.2. The number of aliphatic hydroxyl groups is 1. The third-order valence-electron chi connectivity index (χ3n) is 7.52. The van der Waals surface area contributed by atoms with Crippen molar-refractivity contribution in [1.82, 2.24) is 9.80 Å². The molecule has 36 heavy (non-hydrogen) atoms. The fraction of sp³-hybridized carbons (Fsp3) is 0.448. The number of carbonyl (C=O) groups is 1. The first-order valence-electron chi connectivity index (χ1n) is 12.9. The maximum absolute atomic E-state index is 13.6. The fourth-order valence-electron chi connectivity index (χ4n) is 5.65. The second-order valence-corrected chi connectivity index (χ2v) is 9.87. The van der Waals surface area contributed by atoms with Crippen molar-refractivity contribution in [1.29, 1.82) is 0 Å². The van der Waals surface area contributed by atoms with Crippen molar-refractivity contribution in [2.24, 2.45) is 10.9 Å². The number of hydrogen-bond donors (Lipinski definition) is 2. The zero-order valence-electron chi connectivity index (χ0n) is 20.4. The van der Waals surface area contributed by atoms with Gasteiger partial charge in [0, 0.05) is 55.1 Å². The monoisotopic (exact) mass is 488 g/mol. The fourth-order valence-corrected chi connectivity index (χ4v) is 5.65. The Morgan fingerprint density at radius 1 is 1.14 bits per heavy atom. The van der Waals surface area contributed by atoms with Gasteiger partial charge in [0.2, 0.25) is 0 Å². The van der Waals surface area contributed by atoms with Crippen molar-refractivity contribution < 1.29 is 14.3 Å². The number of amides is 2. The molecule has 4 atom stereocenters. The summed E-state index contributed by atoms with van der Waals surface area (Å²) in [6.45, 7) is 3.12. The summed E-state index contributed by atoms with van der Waals surface area (Å²) in [6.07, 6.45) is 5.97. The molecule has 0 aliphatic carbocycles. The summed E-state index contributed by atoms with van der Waals surface area (Å²) in [5.74, 6) is 6.58.